The average Bonchev–Trinajstić information content (AvgIpc) is 3.46. The molecule has 7 nitrogen and oxygen atoms in total. The Labute approximate surface area is 206 Å². The first kappa shape index (κ1) is 25.7. The predicted octanol–water partition coefficient (Wildman–Crippen LogP) is 3.35. The summed E-state index contributed by atoms with van der Waals surface area (Å²) in [6, 6.07) is 8.33. The average molecular weight is 560 g/mol. The standard InChI is InChI=1S/C22H33N5O2S.HI/c1-26(2)21(28)17-25-22(23-11-10-18-8-7-15-30-18)24-16-19(20-9-6-14-29-20)27-12-4-3-5-13-27;/h6-9,14-15,19H,3-5,10-13,16-17H2,1-2H3,(H2,23,24,25);1H. The minimum Gasteiger partial charge on any atom is -0.468 e. The molecule has 1 amide bonds. The van der Waals surface area contributed by atoms with E-state index < -0.39 is 0 Å². The number of aliphatic imine (C=N–C) groups is 1. The fraction of sp³-hybridized carbons (Fsp3) is 0.545. The Hall–Kier alpha value is -1.59. The van der Waals surface area contributed by atoms with Gasteiger partial charge in [-0.2, -0.15) is 0 Å². The zero-order chi connectivity index (χ0) is 21.2. The van der Waals surface area contributed by atoms with E-state index in [2.05, 4.69) is 38.0 Å². The number of guanidine groups is 1. The molecule has 2 N–H and O–H groups in total. The summed E-state index contributed by atoms with van der Waals surface area (Å²) in [7, 11) is 3.50. The van der Waals surface area contributed by atoms with Crippen LogP contribution in [0.25, 0.3) is 0 Å². The van der Waals surface area contributed by atoms with Gasteiger partial charge in [-0.15, -0.1) is 35.3 Å². The number of thiophene rings is 1. The van der Waals surface area contributed by atoms with Crippen LogP contribution < -0.4 is 10.6 Å². The highest BCUT2D eigenvalue weighted by Crippen LogP contribution is 2.24. The number of hydrogen-bond acceptors (Lipinski definition) is 5. The lowest BCUT2D eigenvalue weighted by molar-refractivity contribution is -0.127. The summed E-state index contributed by atoms with van der Waals surface area (Å²) in [4.78, 5) is 21.9. The Morgan fingerprint density at radius 2 is 2.03 bits per heavy atom. The summed E-state index contributed by atoms with van der Waals surface area (Å²) in [5.74, 6) is 1.61. The molecule has 172 valence electrons. The minimum absolute atomic E-state index is 0. The number of carbonyl (C=O) groups excluding carboxylic acids is 1. The molecular formula is C22H34IN5O2S. The van der Waals surface area contributed by atoms with Crippen molar-refractivity contribution in [2.45, 2.75) is 31.7 Å². The second-order valence-electron chi connectivity index (χ2n) is 7.72. The van der Waals surface area contributed by atoms with Crippen LogP contribution in [0.3, 0.4) is 0 Å². The van der Waals surface area contributed by atoms with Crippen LogP contribution in [0.15, 0.2) is 45.3 Å². The van der Waals surface area contributed by atoms with Crippen LogP contribution in [0.4, 0.5) is 0 Å². The van der Waals surface area contributed by atoms with Gasteiger partial charge in [0.25, 0.3) is 0 Å². The number of likely N-dealkylation sites (N-methyl/N-ethyl adjacent to an activating group) is 1. The highest BCUT2D eigenvalue weighted by Gasteiger charge is 2.24. The van der Waals surface area contributed by atoms with E-state index in [0.29, 0.717) is 12.5 Å². The number of nitrogens with one attached hydrogen (secondary N) is 2. The third-order valence-electron chi connectivity index (χ3n) is 5.28. The van der Waals surface area contributed by atoms with Crippen molar-refractivity contribution in [3.05, 3.63) is 46.5 Å². The number of amides is 1. The zero-order valence-corrected chi connectivity index (χ0v) is 21.5. The van der Waals surface area contributed by atoms with E-state index in [1.807, 2.05) is 12.1 Å². The molecule has 0 aromatic carbocycles. The van der Waals surface area contributed by atoms with Crippen LogP contribution in [-0.2, 0) is 11.2 Å². The molecule has 2 aromatic rings. The van der Waals surface area contributed by atoms with Crippen LogP contribution in [0.2, 0.25) is 0 Å². The zero-order valence-electron chi connectivity index (χ0n) is 18.4. The molecule has 0 aliphatic carbocycles. The summed E-state index contributed by atoms with van der Waals surface area (Å²) in [5, 5.41) is 8.92. The maximum atomic E-state index is 12.0. The fourth-order valence-electron chi connectivity index (χ4n) is 3.54. The molecule has 1 fully saturated rings. The van der Waals surface area contributed by atoms with Gasteiger partial charge in [0.1, 0.15) is 12.3 Å². The SMILES string of the molecule is CN(C)C(=O)CN=C(NCCc1cccs1)NCC(c1ccco1)N1CCCCC1.I. The van der Waals surface area contributed by atoms with Crippen LogP contribution in [0.5, 0.6) is 0 Å². The first-order valence-corrected chi connectivity index (χ1v) is 11.5. The molecule has 1 atom stereocenters. The van der Waals surface area contributed by atoms with E-state index in [4.69, 9.17) is 4.42 Å². The summed E-state index contributed by atoms with van der Waals surface area (Å²) >= 11 is 1.75. The molecule has 3 rings (SSSR count). The Morgan fingerprint density at radius 1 is 1.23 bits per heavy atom. The summed E-state index contributed by atoms with van der Waals surface area (Å²) in [5.41, 5.74) is 0. The number of rotatable bonds is 9. The van der Waals surface area contributed by atoms with E-state index >= 15 is 0 Å². The van der Waals surface area contributed by atoms with Gasteiger partial charge in [-0.3, -0.25) is 9.69 Å². The molecule has 2 aromatic heterocycles. The van der Waals surface area contributed by atoms with Crippen LogP contribution in [0.1, 0.15) is 35.9 Å². The Balaban J connectivity index is 0.00000341. The molecule has 31 heavy (non-hydrogen) atoms. The Morgan fingerprint density at radius 3 is 2.68 bits per heavy atom. The van der Waals surface area contributed by atoms with Crippen molar-refractivity contribution in [3.8, 4) is 0 Å². The molecule has 1 aliphatic heterocycles. The molecule has 1 saturated heterocycles. The Kier molecular flexibility index (Phi) is 11.4. The lowest BCUT2D eigenvalue weighted by Gasteiger charge is -2.33. The quantitative estimate of drug-likeness (QED) is 0.280. The van der Waals surface area contributed by atoms with E-state index in [9.17, 15) is 4.79 Å². The molecule has 0 radical (unpaired) electrons. The second-order valence-corrected chi connectivity index (χ2v) is 8.75. The third kappa shape index (κ3) is 8.46. The van der Waals surface area contributed by atoms with Crippen molar-refractivity contribution in [1.82, 2.24) is 20.4 Å². The Bertz CT molecular complexity index is 774. The van der Waals surface area contributed by atoms with Crippen LogP contribution in [0, 0.1) is 0 Å². The van der Waals surface area contributed by atoms with Crippen molar-refractivity contribution in [3.63, 3.8) is 0 Å². The summed E-state index contributed by atoms with van der Waals surface area (Å²) < 4.78 is 5.74. The second kappa shape index (κ2) is 13.7. The number of likely N-dealkylation sites (tertiary alicyclic amines) is 1. The van der Waals surface area contributed by atoms with Gasteiger partial charge in [-0.25, -0.2) is 4.99 Å². The lowest BCUT2D eigenvalue weighted by Crippen LogP contribution is -2.45. The van der Waals surface area contributed by atoms with Crippen molar-refractivity contribution in [2.24, 2.45) is 4.99 Å². The predicted molar refractivity (Wildman–Crippen MR) is 137 cm³/mol. The van der Waals surface area contributed by atoms with Crippen molar-refractivity contribution >= 4 is 47.2 Å². The number of furan rings is 1. The monoisotopic (exact) mass is 559 g/mol. The number of hydrogen-bond donors (Lipinski definition) is 2. The molecule has 3 heterocycles. The van der Waals surface area contributed by atoms with Crippen LogP contribution >= 0.6 is 35.3 Å². The van der Waals surface area contributed by atoms with Crippen molar-refractivity contribution in [2.75, 3.05) is 46.8 Å². The van der Waals surface area contributed by atoms with E-state index in [1.54, 1.807) is 36.6 Å². The van der Waals surface area contributed by atoms with Gasteiger partial charge in [0.2, 0.25) is 5.91 Å². The molecular weight excluding hydrogens is 525 g/mol. The number of carbonyl (C=O) groups is 1. The van der Waals surface area contributed by atoms with E-state index in [1.165, 1.54) is 24.1 Å². The third-order valence-corrected chi connectivity index (χ3v) is 6.22. The fourth-order valence-corrected chi connectivity index (χ4v) is 4.24. The number of nitrogens with zero attached hydrogens (tertiary/aromatic N) is 3. The van der Waals surface area contributed by atoms with Gasteiger partial charge in [-0.1, -0.05) is 12.5 Å². The lowest BCUT2D eigenvalue weighted by atomic mass is 10.1. The van der Waals surface area contributed by atoms with Crippen molar-refractivity contribution in [1.29, 1.82) is 0 Å². The molecule has 1 unspecified atom stereocenters. The highest BCUT2D eigenvalue weighted by atomic mass is 127. The normalized spacial score (nSPS) is 15.7. The van der Waals surface area contributed by atoms with Gasteiger partial charge in [0, 0.05) is 32.1 Å². The van der Waals surface area contributed by atoms with E-state index in [0.717, 1.165) is 31.8 Å². The molecule has 9 heteroatoms. The number of halogens is 1. The molecule has 1 aliphatic rings. The van der Waals surface area contributed by atoms with E-state index in [-0.39, 0.29) is 42.5 Å². The maximum Gasteiger partial charge on any atom is 0.243 e. The van der Waals surface area contributed by atoms with Gasteiger partial charge in [0.15, 0.2) is 5.96 Å². The molecule has 0 saturated carbocycles. The smallest absolute Gasteiger partial charge is 0.243 e. The van der Waals surface area contributed by atoms with Gasteiger partial charge < -0.3 is 20.0 Å². The largest absolute Gasteiger partial charge is 0.468 e. The molecule has 0 spiro atoms. The van der Waals surface area contributed by atoms with Gasteiger partial charge in [0.05, 0.1) is 12.3 Å². The minimum atomic E-state index is -0.0204. The highest BCUT2D eigenvalue weighted by molar-refractivity contribution is 14.0. The van der Waals surface area contributed by atoms with Crippen molar-refractivity contribution < 1.29 is 9.21 Å². The number of piperidine rings is 1. The topological polar surface area (TPSA) is 73.1 Å². The first-order valence-electron chi connectivity index (χ1n) is 10.7. The van der Waals surface area contributed by atoms with Gasteiger partial charge in [-0.05, 0) is 55.9 Å². The summed E-state index contributed by atoms with van der Waals surface area (Å²) in [6.45, 7) is 3.71. The maximum absolute atomic E-state index is 12.0. The van der Waals surface area contributed by atoms with Crippen LogP contribution in [-0.4, -0.2) is 68.5 Å². The first-order chi connectivity index (χ1) is 14.6. The summed E-state index contributed by atoms with van der Waals surface area (Å²) in [6.07, 6.45) is 6.38. The van der Waals surface area contributed by atoms with Gasteiger partial charge >= 0.3 is 0 Å². The molecule has 0 bridgehead atoms.